The van der Waals surface area contributed by atoms with Gasteiger partial charge in [-0.1, -0.05) is 48.0 Å². The number of aryl methyl sites for hydroxylation is 2. The van der Waals surface area contributed by atoms with Crippen molar-refractivity contribution in [3.05, 3.63) is 59.7 Å². The molecule has 0 N–H and O–H groups in total. The second kappa shape index (κ2) is 4.01. The van der Waals surface area contributed by atoms with Crippen LogP contribution >= 0.6 is 11.3 Å². The zero-order chi connectivity index (χ0) is 11.8. The van der Waals surface area contributed by atoms with Gasteiger partial charge < -0.3 is 0 Å². The Morgan fingerprint density at radius 1 is 0.824 bits per heavy atom. The van der Waals surface area contributed by atoms with E-state index in [4.69, 9.17) is 0 Å². The maximum Gasteiger partial charge on any atom is 0.0384 e. The zero-order valence-corrected chi connectivity index (χ0v) is 10.8. The summed E-state index contributed by atoms with van der Waals surface area (Å²) in [4.78, 5) is 1.39. The third-order valence-corrected chi connectivity index (χ3v) is 4.48. The molecule has 1 aromatic heterocycles. The van der Waals surface area contributed by atoms with Crippen LogP contribution in [0.2, 0.25) is 0 Å². The highest BCUT2D eigenvalue weighted by molar-refractivity contribution is 7.22. The van der Waals surface area contributed by atoms with Crippen molar-refractivity contribution in [3.63, 3.8) is 0 Å². The fourth-order valence-corrected chi connectivity index (χ4v) is 3.37. The van der Waals surface area contributed by atoms with Gasteiger partial charge in [-0.3, -0.25) is 0 Å². The van der Waals surface area contributed by atoms with Crippen molar-refractivity contribution in [2.75, 3.05) is 0 Å². The molecule has 2 aromatic carbocycles. The van der Waals surface area contributed by atoms with Crippen LogP contribution in [-0.4, -0.2) is 0 Å². The second-order valence-corrected chi connectivity index (χ2v) is 5.47. The van der Waals surface area contributed by atoms with E-state index in [0.29, 0.717) is 0 Å². The molecule has 0 amide bonds. The minimum Gasteiger partial charge on any atom is -0.135 e. The van der Waals surface area contributed by atoms with Crippen molar-refractivity contribution < 1.29 is 0 Å². The maximum atomic E-state index is 2.22. The highest BCUT2D eigenvalue weighted by Crippen LogP contribution is 2.37. The maximum absolute atomic E-state index is 2.22. The molecular weight excluding hydrogens is 224 g/mol. The lowest BCUT2D eigenvalue weighted by atomic mass is 10.1. The van der Waals surface area contributed by atoms with Gasteiger partial charge >= 0.3 is 0 Å². The Kier molecular flexibility index (Phi) is 2.49. The number of benzene rings is 2. The predicted octanol–water partition coefficient (Wildman–Crippen LogP) is 5.19. The van der Waals surface area contributed by atoms with Gasteiger partial charge in [-0.15, -0.1) is 11.3 Å². The lowest BCUT2D eigenvalue weighted by molar-refractivity contribution is 1.47. The smallest absolute Gasteiger partial charge is 0.0384 e. The first-order valence-electron chi connectivity index (χ1n) is 5.81. The molecule has 1 heterocycles. The molecule has 0 bridgehead atoms. The third-order valence-electron chi connectivity index (χ3n) is 3.16. The Hall–Kier alpha value is -1.60. The van der Waals surface area contributed by atoms with Gasteiger partial charge in [0.15, 0.2) is 0 Å². The highest BCUT2D eigenvalue weighted by Gasteiger charge is 2.09. The molecule has 3 rings (SSSR count). The largest absolute Gasteiger partial charge is 0.135 e. The molecular formula is C16H14S. The van der Waals surface area contributed by atoms with Gasteiger partial charge in [0.05, 0.1) is 0 Å². The van der Waals surface area contributed by atoms with Gasteiger partial charge in [0.25, 0.3) is 0 Å². The molecule has 1 heteroatoms. The van der Waals surface area contributed by atoms with E-state index >= 15 is 0 Å². The van der Waals surface area contributed by atoms with E-state index in [9.17, 15) is 0 Å². The first kappa shape index (κ1) is 10.5. The van der Waals surface area contributed by atoms with Crippen molar-refractivity contribution >= 4 is 21.4 Å². The van der Waals surface area contributed by atoms with Crippen LogP contribution in [-0.2, 0) is 0 Å². The Bertz CT molecular complexity index is 660. The number of hydrogen-bond donors (Lipinski definition) is 0. The molecule has 3 aromatic rings. The summed E-state index contributed by atoms with van der Waals surface area (Å²) < 4.78 is 1.38. The summed E-state index contributed by atoms with van der Waals surface area (Å²) in [5.41, 5.74) is 4.04. The lowest BCUT2D eigenvalue weighted by Gasteiger charge is -2.00. The summed E-state index contributed by atoms with van der Waals surface area (Å²) in [5.74, 6) is 0. The topological polar surface area (TPSA) is 0 Å². The summed E-state index contributed by atoms with van der Waals surface area (Å²) in [6.45, 7) is 4.34. The van der Waals surface area contributed by atoms with Gasteiger partial charge in [0.2, 0.25) is 0 Å². The van der Waals surface area contributed by atoms with Crippen molar-refractivity contribution in [1.29, 1.82) is 0 Å². The van der Waals surface area contributed by atoms with Crippen LogP contribution in [0.3, 0.4) is 0 Å². The second-order valence-electron chi connectivity index (χ2n) is 4.42. The van der Waals surface area contributed by atoms with Crippen LogP contribution in [0.15, 0.2) is 48.5 Å². The Morgan fingerprint density at radius 2 is 1.53 bits per heavy atom. The quantitative estimate of drug-likeness (QED) is 0.547. The number of hydrogen-bond acceptors (Lipinski definition) is 1. The van der Waals surface area contributed by atoms with Crippen molar-refractivity contribution in [3.8, 4) is 10.4 Å². The van der Waals surface area contributed by atoms with Crippen LogP contribution in [0.4, 0.5) is 0 Å². The minimum absolute atomic E-state index is 1.31. The van der Waals surface area contributed by atoms with Crippen molar-refractivity contribution in [2.45, 2.75) is 13.8 Å². The summed E-state index contributed by atoms with van der Waals surface area (Å²) in [6, 6.07) is 17.4. The summed E-state index contributed by atoms with van der Waals surface area (Å²) in [5, 5.41) is 1.38. The van der Waals surface area contributed by atoms with Crippen molar-refractivity contribution in [1.82, 2.24) is 0 Å². The summed E-state index contributed by atoms with van der Waals surface area (Å²) in [6.07, 6.45) is 0. The van der Waals surface area contributed by atoms with Crippen LogP contribution in [0.25, 0.3) is 20.5 Å². The summed E-state index contributed by atoms with van der Waals surface area (Å²) >= 11 is 1.88. The number of fused-ring (bicyclic) bond motifs is 1. The predicted molar refractivity (Wildman–Crippen MR) is 76.7 cm³/mol. The molecule has 0 aliphatic rings. The molecule has 0 fully saturated rings. The highest BCUT2D eigenvalue weighted by atomic mass is 32.1. The van der Waals surface area contributed by atoms with E-state index in [1.165, 1.54) is 31.7 Å². The van der Waals surface area contributed by atoms with Gasteiger partial charge in [-0.2, -0.15) is 0 Å². The molecule has 0 atom stereocenters. The number of rotatable bonds is 1. The first-order chi connectivity index (χ1) is 8.25. The molecule has 0 unspecified atom stereocenters. The average Bonchev–Trinajstić information content (AvgIpc) is 2.69. The summed E-state index contributed by atoms with van der Waals surface area (Å²) in [7, 11) is 0. The molecule has 0 aliphatic carbocycles. The van der Waals surface area contributed by atoms with Crippen LogP contribution in [0.1, 0.15) is 11.1 Å². The number of thiophene rings is 1. The molecule has 0 saturated heterocycles. The van der Waals surface area contributed by atoms with Crippen LogP contribution in [0, 0.1) is 13.8 Å². The first-order valence-corrected chi connectivity index (χ1v) is 6.62. The molecule has 84 valence electrons. The molecule has 0 aliphatic heterocycles. The zero-order valence-electron chi connectivity index (χ0n) is 10.0. The van der Waals surface area contributed by atoms with Gasteiger partial charge in [-0.25, -0.2) is 0 Å². The average molecular weight is 238 g/mol. The van der Waals surface area contributed by atoms with Gasteiger partial charge in [0, 0.05) is 9.58 Å². The monoisotopic (exact) mass is 238 g/mol. The third kappa shape index (κ3) is 1.77. The molecule has 0 radical (unpaired) electrons. The van der Waals surface area contributed by atoms with Crippen LogP contribution in [0.5, 0.6) is 0 Å². The Labute approximate surface area is 106 Å². The van der Waals surface area contributed by atoms with E-state index in [0.717, 1.165) is 0 Å². The van der Waals surface area contributed by atoms with Gasteiger partial charge in [-0.05, 0) is 36.4 Å². The fraction of sp³-hybridized carbons (Fsp3) is 0.125. The SMILES string of the molecule is Cc1ccc(-c2sc3ccccc3c2C)cc1. The standard InChI is InChI=1S/C16H14S/c1-11-7-9-13(10-8-11)16-12(2)14-5-3-4-6-15(14)17-16/h3-10H,1-2H3. The van der Waals surface area contributed by atoms with E-state index in [-0.39, 0.29) is 0 Å². The Balaban J connectivity index is 2.24. The van der Waals surface area contributed by atoms with Crippen molar-refractivity contribution in [2.24, 2.45) is 0 Å². The molecule has 0 spiro atoms. The van der Waals surface area contributed by atoms with Crippen LogP contribution < -0.4 is 0 Å². The van der Waals surface area contributed by atoms with E-state index in [1.54, 1.807) is 0 Å². The lowest BCUT2D eigenvalue weighted by Crippen LogP contribution is -1.77. The van der Waals surface area contributed by atoms with Gasteiger partial charge in [0.1, 0.15) is 0 Å². The fourth-order valence-electron chi connectivity index (χ4n) is 2.15. The van der Waals surface area contributed by atoms with E-state index in [2.05, 4.69) is 62.4 Å². The normalized spacial score (nSPS) is 10.9. The Morgan fingerprint density at radius 3 is 2.24 bits per heavy atom. The van der Waals surface area contributed by atoms with E-state index in [1.807, 2.05) is 11.3 Å². The molecule has 0 saturated carbocycles. The molecule has 0 nitrogen and oxygen atoms in total. The molecule has 17 heavy (non-hydrogen) atoms. The minimum atomic E-state index is 1.31. The van der Waals surface area contributed by atoms with E-state index < -0.39 is 0 Å².